The van der Waals surface area contributed by atoms with E-state index in [0.717, 1.165) is 17.9 Å². The smallest absolute Gasteiger partial charge is 0.189 e. The van der Waals surface area contributed by atoms with E-state index in [-0.39, 0.29) is 31.5 Å². The van der Waals surface area contributed by atoms with Crippen LogP contribution in [-0.4, -0.2) is 63.2 Å². The number of aromatic nitrogens is 2. The van der Waals surface area contributed by atoms with Crippen LogP contribution >= 0.6 is 11.8 Å². The second-order valence-electron chi connectivity index (χ2n) is 7.24. The van der Waals surface area contributed by atoms with Crippen molar-refractivity contribution >= 4 is 23.3 Å². The van der Waals surface area contributed by atoms with E-state index in [1.54, 1.807) is 25.6 Å². The summed E-state index contributed by atoms with van der Waals surface area (Å²) in [5.74, 6) is 0.262. The van der Waals surface area contributed by atoms with Gasteiger partial charge in [0.15, 0.2) is 16.8 Å². The fraction of sp³-hybridized carbons (Fsp3) is 0.778. The molecule has 1 aromatic heterocycles. The minimum Gasteiger partial charge on any atom is -0.394 e. The molecule has 5 N–H and O–H groups in total. The standard InChI is InChI=1S/C18H32N4O4S/c1-5-8-27-17-20-11(2)15(19)16(22-17)21-13-9-12(25-7-6-23)10-14(13)26-18(3,4)24/h12-14,23-24H,5-10,19H2,1-4H3,(H,20,21,22). The third-order valence-corrected chi connectivity index (χ3v) is 5.27. The molecule has 0 saturated heterocycles. The van der Waals surface area contributed by atoms with Crippen molar-refractivity contribution in [1.29, 1.82) is 0 Å². The number of aliphatic hydroxyl groups excluding tert-OH is 1. The molecule has 1 aliphatic rings. The number of nitrogens with zero attached hydrogens (tertiary/aromatic N) is 2. The summed E-state index contributed by atoms with van der Waals surface area (Å²) in [5, 5.41) is 23.1. The summed E-state index contributed by atoms with van der Waals surface area (Å²) in [7, 11) is 0. The normalized spacial score (nSPS) is 23.0. The molecule has 0 bridgehead atoms. The number of hydrogen-bond donors (Lipinski definition) is 4. The van der Waals surface area contributed by atoms with Crippen molar-refractivity contribution in [2.45, 2.75) is 76.2 Å². The Hall–Kier alpha value is -1.13. The number of nitrogens with one attached hydrogen (secondary N) is 1. The first-order valence-electron chi connectivity index (χ1n) is 9.39. The van der Waals surface area contributed by atoms with Crippen molar-refractivity contribution in [3.05, 3.63) is 5.69 Å². The molecule has 2 rings (SSSR count). The zero-order valence-electron chi connectivity index (χ0n) is 16.6. The van der Waals surface area contributed by atoms with E-state index >= 15 is 0 Å². The average Bonchev–Trinajstić information content (AvgIpc) is 2.95. The van der Waals surface area contributed by atoms with Gasteiger partial charge in [0.25, 0.3) is 0 Å². The van der Waals surface area contributed by atoms with Gasteiger partial charge in [0, 0.05) is 12.2 Å². The molecule has 1 aliphatic carbocycles. The van der Waals surface area contributed by atoms with E-state index in [1.807, 2.05) is 6.92 Å². The lowest BCUT2D eigenvalue weighted by molar-refractivity contribution is -0.206. The molecule has 3 unspecified atom stereocenters. The molecule has 1 heterocycles. The van der Waals surface area contributed by atoms with Crippen molar-refractivity contribution in [3.63, 3.8) is 0 Å². The van der Waals surface area contributed by atoms with Crippen molar-refractivity contribution in [2.24, 2.45) is 0 Å². The lowest BCUT2D eigenvalue weighted by Gasteiger charge is -2.28. The molecule has 1 aromatic rings. The Bertz CT molecular complexity index is 612. The van der Waals surface area contributed by atoms with Gasteiger partial charge in [-0.3, -0.25) is 0 Å². The van der Waals surface area contributed by atoms with Crippen molar-refractivity contribution in [2.75, 3.05) is 30.0 Å². The van der Waals surface area contributed by atoms with Crippen LogP contribution in [0.4, 0.5) is 11.5 Å². The van der Waals surface area contributed by atoms with Gasteiger partial charge in [0.1, 0.15) is 0 Å². The first-order valence-corrected chi connectivity index (χ1v) is 10.4. The van der Waals surface area contributed by atoms with Crippen LogP contribution in [0.1, 0.15) is 45.7 Å². The third kappa shape index (κ3) is 6.76. The number of nitrogen functional groups attached to an aromatic ring is 1. The molecule has 27 heavy (non-hydrogen) atoms. The molecule has 1 saturated carbocycles. The summed E-state index contributed by atoms with van der Waals surface area (Å²) in [4.78, 5) is 9.01. The predicted octanol–water partition coefficient (Wildman–Crippen LogP) is 1.93. The van der Waals surface area contributed by atoms with E-state index in [4.69, 9.17) is 20.3 Å². The largest absolute Gasteiger partial charge is 0.394 e. The number of anilines is 2. The first-order chi connectivity index (χ1) is 12.7. The van der Waals surface area contributed by atoms with Crippen molar-refractivity contribution < 1.29 is 19.7 Å². The molecule has 0 radical (unpaired) electrons. The summed E-state index contributed by atoms with van der Waals surface area (Å²) in [5.41, 5.74) is 7.44. The predicted molar refractivity (Wildman–Crippen MR) is 107 cm³/mol. The van der Waals surface area contributed by atoms with Crippen LogP contribution in [0.2, 0.25) is 0 Å². The minimum absolute atomic E-state index is 0.0261. The number of aryl methyl sites for hydroxylation is 1. The minimum atomic E-state index is -1.26. The van der Waals surface area contributed by atoms with Crippen LogP contribution in [0.3, 0.4) is 0 Å². The van der Waals surface area contributed by atoms with Gasteiger partial charge in [-0.05, 0) is 33.6 Å². The maximum absolute atomic E-state index is 10.1. The summed E-state index contributed by atoms with van der Waals surface area (Å²) in [6, 6.07) is -0.124. The summed E-state index contributed by atoms with van der Waals surface area (Å²) in [6.07, 6.45) is 1.98. The topological polar surface area (TPSA) is 123 Å². The fourth-order valence-electron chi connectivity index (χ4n) is 3.06. The van der Waals surface area contributed by atoms with Crippen LogP contribution in [0.5, 0.6) is 0 Å². The number of hydrogen-bond acceptors (Lipinski definition) is 9. The van der Waals surface area contributed by atoms with Gasteiger partial charge >= 0.3 is 0 Å². The highest BCUT2D eigenvalue weighted by Crippen LogP contribution is 2.32. The Labute approximate surface area is 165 Å². The van der Waals surface area contributed by atoms with E-state index in [2.05, 4.69) is 22.2 Å². The van der Waals surface area contributed by atoms with Gasteiger partial charge in [-0.25, -0.2) is 9.97 Å². The quantitative estimate of drug-likeness (QED) is 0.265. The highest BCUT2D eigenvalue weighted by molar-refractivity contribution is 7.99. The maximum atomic E-state index is 10.1. The summed E-state index contributed by atoms with van der Waals surface area (Å²) < 4.78 is 11.5. The first kappa shape index (κ1) is 22.2. The highest BCUT2D eigenvalue weighted by Gasteiger charge is 2.39. The number of nitrogens with two attached hydrogens (primary N) is 1. The molecular formula is C18H32N4O4S. The lowest BCUT2D eigenvalue weighted by Crippen LogP contribution is -2.38. The van der Waals surface area contributed by atoms with Gasteiger partial charge < -0.3 is 30.7 Å². The molecule has 0 aromatic carbocycles. The summed E-state index contributed by atoms with van der Waals surface area (Å²) in [6.45, 7) is 7.44. The average molecular weight is 401 g/mol. The van der Waals surface area contributed by atoms with Gasteiger partial charge in [-0.15, -0.1) is 0 Å². The number of aliphatic hydroxyl groups is 2. The van der Waals surface area contributed by atoms with Crippen molar-refractivity contribution in [3.8, 4) is 0 Å². The second-order valence-corrected chi connectivity index (χ2v) is 8.31. The Kier molecular flexibility index (Phi) is 8.11. The van der Waals surface area contributed by atoms with Gasteiger partial charge in [-0.2, -0.15) is 0 Å². The molecule has 154 valence electrons. The zero-order valence-corrected chi connectivity index (χ0v) is 17.4. The van der Waals surface area contributed by atoms with Crippen LogP contribution in [-0.2, 0) is 9.47 Å². The fourth-order valence-corrected chi connectivity index (χ4v) is 3.81. The molecule has 0 amide bonds. The molecule has 3 atom stereocenters. The molecular weight excluding hydrogens is 368 g/mol. The Morgan fingerprint density at radius 1 is 1.33 bits per heavy atom. The van der Waals surface area contributed by atoms with Crippen LogP contribution in [0.15, 0.2) is 5.16 Å². The Morgan fingerprint density at radius 3 is 2.70 bits per heavy atom. The van der Waals surface area contributed by atoms with Gasteiger partial charge in [0.2, 0.25) is 0 Å². The van der Waals surface area contributed by atoms with Crippen LogP contribution in [0.25, 0.3) is 0 Å². The zero-order chi connectivity index (χ0) is 20.0. The van der Waals surface area contributed by atoms with Crippen LogP contribution in [0, 0.1) is 6.92 Å². The number of ether oxygens (including phenoxy) is 2. The molecule has 0 aliphatic heterocycles. The highest BCUT2D eigenvalue weighted by atomic mass is 32.2. The maximum Gasteiger partial charge on any atom is 0.189 e. The molecule has 9 heteroatoms. The number of rotatable bonds is 10. The second kappa shape index (κ2) is 9.88. The van der Waals surface area contributed by atoms with Gasteiger partial charge in [-0.1, -0.05) is 18.7 Å². The molecule has 8 nitrogen and oxygen atoms in total. The summed E-state index contributed by atoms with van der Waals surface area (Å²) >= 11 is 1.60. The Balaban J connectivity index is 2.17. The SMILES string of the molecule is CCCSc1nc(C)c(N)c(NC2CC(OCCO)CC2OC(C)(C)O)n1. The van der Waals surface area contributed by atoms with Crippen LogP contribution < -0.4 is 11.1 Å². The third-order valence-electron chi connectivity index (χ3n) is 4.22. The van der Waals surface area contributed by atoms with E-state index in [9.17, 15) is 5.11 Å². The van der Waals surface area contributed by atoms with Gasteiger partial charge in [0.05, 0.1) is 42.8 Å². The monoisotopic (exact) mass is 400 g/mol. The van der Waals surface area contributed by atoms with Crippen molar-refractivity contribution in [1.82, 2.24) is 9.97 Å². The van der Waals surface area contributed by atoms with E-state index in [1.165, 1.54) is 0 Å². The molecule has 1 fully saturated rings. The lowest BCUT2D eigenvalue weighted by atomic mass is 10.2. The van der Waals surface area contributed by atoms with E-state index in [0.29, 0.717) is 29.5 Å². The molecule has 0 spiro atoms. The van der Waals surface area contributed by atoms with E-state index < -0.39 is 5.79 Å². The number of thioether (sulfide) groups is 1. The Morgan fingerprint density at radius 2 is 2.07 bits per heavy atom.